The number of nitrogens with one attached hydrogen (secondary N) is 2. The molecule has 6 heteroatoms. The van der Waals surface area contributed by atoms with Gasteiger partial charge in [0.15, 0.2) is 0 Å². The highest BCUT2D eigenvalue weighted by atomic mass is 35.5. The van der Waals surface area contributed by atoms with Gasteiger partial charge < -0.3 is 10.6 Å². The quantitative estimate of drug-likeness (QED) is 0.895. The van der Waals surface area contributed by atoms with Crippen LogP contribution in [-0.4, -0.2) is 25.0 Å². The van der Waals surface area contributed by atoms with Crippen LogP contribution in [0.25, 0.3) is 0 Å². The van der Waals surface area contributed by atoms with E-state index in [4.69, 9.17) is 0 Å². The molecule has 1 aromatic rings. The normalized spacial score (nSPS) is 16.5. The monoisotopic (exact) mass is 290 g/mol. The first-order valence-electron chi connectivity index (χ1n) is 6.06. The Morgan fingerprint density at radius 2 is 1.79 bits per heavy atom. The highest BCUT2D eigenvalue weighted by molar-refractivity contribution is 5.85. The Bertz CT molecular complexity index is 408. The first kappa shape index (κ1) is 15.9. The maximum absolute atomic E-state index is 13.9. The van der Waals surface area contributed by atoms with Crippen LogP contribution < -0.4 is 10.6 Å². The lowest BCUT2D eigenvalue weighted by molar-refractivity contribution is -0.148. The molecule has 2 rings (SSSR count). The second kappa shape index (κ2) is 6.82. The molecule has 0 atom stereocenters. The molecule has 3 nitrogen and oxygen atoms in total. The Morgan fingerprint density at radius 3 is 2.37 bits per heavy atom. The van der Waals surface area contributed by atoms with Gasteiger partial charge in [0.1, 0.15) is 0 Å². The smallest absolute Gasteiger partial charge is 0.348 e. The zero-order chi connectivity index (χ0) is 13.0. The molecule has 1 aliphatic rings. The van der Waals surface area contributed by atoms with Crippen LogP contribution in [0.2, 0.25) is 0 Å². The van der Waals surface area contributed by atoms with E-state index < -0.39 is 11.8 Å². The summed E-state index contributed by atoms with van der Waals surface area (Å²) >= 11 is 0. The number of amides is 1. The minimum absolute atomic E-state index is 0. The van der Waals surface area contributed by atoms with Gasteiger partial charge in [-0.2, -0.15) is 8.78 Å². The molecule has 1 saturated heterocycles. The Hall–Kier alpha value is -1.20. The Morgan fingerprint density at radius 1 is 1.21 bits per heavy atom. The van der Waals surface area contributed by atoms with Crippen molar-refractivity contribution in [1.29, 1.82) is 0 Å². The molecule has 0 aromatic heterocycles. The van der Waals surface area contributed by atoms with Crippen molar-refractivity contribution in [1.82, 2.24) is 10.6 Å². The number of carbonyl (C=O) groups is 1. The van der Waals surface area contributed by atoms with Crippen molar-refractivity contribution in [3.05, 3.63) is 35.9 Å². The summed E-state index contributed by atoms with van der Waals surface area (Å²) < 4.78 is 27.8. The lowest BCUT2D eigenvalue weighted by Crippen LogP contribution is -2.47. The third kappa shape index (κ3) is 3.88. The van der Waals surface area contributed by atoms with Crippen LogP contribution >= 0.6 is 12.4 Å². The van der Waals surface area contributed by atoms with Crippen LogP contribution in [0.1, 0.15) is 18.4 Å². The average Bonchev–Trinajstić information content (AvgIpc) is 2.41. The summed E-state index contributed by atoms with van der Waals surface area (Å²) in [6.07, 6.45) is 1.38. The molecule has 0 radical (unpaired) electrons. The minimum Gasteiger partial charge on any atom is -0.348 e. The van der Waals surface area contributed by atoms with E-state index in [1.54, 1.807) is 6.07 Å². The van der Waals surface area contributed by atoms with Crippen molar-refractivity contribution >= 4 is 18.3 Å². The van der Waals surface area contributed by atoms with Gasteiger partial charge in [0, 0.05) is 11.6 Å². The fourth-order valence-electron chi connectivity index (χ4n) is 2.02. The fraction of sp³-hybridized carbons (Fsp3) is 0.462. The standard InChI is InChI=1S/C13H16F2N2O.ClH/c14-13(15,10-4-2-1-3-5-10)12(18)17-11-6-8-16-9-7-11;/h1-5,11,16H,6-9H2,(H,17,18);1H. The summed E-state index contributed by atoms with van der Waals surface area (Å²) in [5.41, 5.74) is -0.267. The molecule has 0 unspecified atom stereocenters. The zero-order valence-corrected chi connectivity index (χ0v) is 11.2. The van der Waals surface area contributed by atoms with E-state index in [1.165, 1.54) is 24.3 Å². The van der Waals surface area contributed by atoms with Crippen molar-refractivity contribution in [2.75, 3.05) is 13.1 Å². The Kier molecular flexibility index (Phi) is 5.69. The van der Waals surface area contributed by atoms with Crippen molar-refractivity contribution in [3.8, 4) is 0 Å². The molecule has 106 valence electrons. The molecule has 1 fully saturated rings. The van der Waals surface area contributed by atoms with Crippen LogP contribution in [-0.2, 0) is 10.7 Å². The lowest BCUT2D eigenvalue weighted by Gasteiger charge is -2.26. The number of piperidine rings is 1. The number of hydrogen-bond donors (Lipinski definition) is 2. The number of alkyl halides is 2. The van der Waals surface area contributed by atoms with Gasteiger partial charge in [0.2, 0.25) is 0 Å². The Labute approximate surface area is 117 Å². The van der Waals surface area contributed by atoms with Crippen LogP contribution in [0, 0.1) is 0 Å². The van der Waals surface area contributed by atoms with Gasteiger partial charge >= 0.3 is 5.92 Å². The van der Waals surface area contributed by atoms with E-state index in [1.807, 2.05) is 0 Å². The molecule has 19 heavy (non-hydrogen) atoms. The average molecular weight is 291 g/mol. The predicted octanol–water partition coefficient (Wildman–Crippen LogP) is 2.07. The molecule has 0 bridgehead atoms. The number of halogens is 3. The van der Waals surface area contributed by atoms with Gasteiger partial charge in [-0.1, -0.05) is 30.3 Å². The van der Waals surface area contributed by atoms with E-state index in [0.29, 0.717) is 12.8 Å². The molecule has 0 spiro atoms. The second-order valence-corrected chi connectivity index (χ2v) is 4.44. The number of benzene rings is 1. The van der Waals surface area contributed by atoms with E-state index in [9.17, 15) is 13.6 Å². The Balaban J connectivity index is 0.00000180. The maximum atomic E-state index is 13.9. The molecule has 1 aromatic carbocycles. The van der Waals surface area contributed by atoms with Gasteiger partial charge in [0.25, 0.3) is 5.91 Å². The summed E-state index contributed by atoms with van der Waals surface area (Å²) in [6.45, 7) is 1.50. The summed E-state index contributed by atoms with van der Waals surface area (Å²) in [6, 6.07) is 7.02. The molecule has 0 aliphatic carbocycles. The first-order valence-corrected chi connectivity index (χ1v) is 6.06. The molecule has 1 aliphatic heterocycles. The first-order chi connectivity index (χ1) is 8.60. The molecule has 1 amide bonds. The van der Waals surface area contributed by atoms with Crippen molar-refractivity contribution in [2.24, 2.45) is 0 Å². The third-order valence-electron chi connectivity index (χ3n) is 3.10. The third-order valence-corrected chi connectivity index (χ3v) is 3.10. The highest BCUT2D eigenvalue weighted by Crippen LogP contribution is 2.28. The highest BCUT2D eigenvalue weighted by Gasteiger charge is 2.41. The summed E-state index contributed by atoms with van der Waals surface area (Å²) in [4.78, 5) is 11.7. The molecular weight excluding hydrogens is 274 g/mol. The maximum Gasteiger partial charge on any atom is 0.349 e. The fourth-order valence-corrected chi connectivity index (χ4v) is 2.02. The summed E-state index contributed by atoms with van der Waals surface area (Å²) in [5.74, 6) is -4.67. The second-order valence-electron chi connectivity index (χ2n) is 4.44. The molecule has 2 N–H and O–H groups in total. The molecule has 0 saturated carbocycles. The molecule has 1 heterocycles. The van der Waals surface area contributed by atoms with E-state index in [2.05, 4.69) is 10.6 Å². The topological polar surface area (TPSA) is 41.1 Å². The van der Waals surface area contributed by atoms with Gasteiger partial charge in [-0.05, 0) is 25.9 Å². The van der Waals surface area contributed by atoms with E-state index >= 15 is 0 Å². The van der Waals surface area contributed by atoms with Gasteiger partial charge in [0.05, 0.1) is 0 Å². The lowest BCUT2D eigenvalue weighted by atomic mass is 10.0. The SMILES string of the molecule is Cl.O=C(NC1CCNCC1)C(F)(F)c1ccccc1. The van der Waals surface area contributed by atoms with Crippen LogP contribution in [0.15, 0.2) is 30.3 Å². The largest absolute Gasteiger partial charge is 0.349 e. The minimum atomic E-state index is -3.47. The summed E-state index contributed by atoms with van der Waals surface area (Å²) in [5, 5.41) is 5.55. The predicted molar refractivity (Wildman–Crippen MR) is 71.6 cm³/mol. The number of rotatable bonds is 3. The van der Waals surface area contributed by atoms with Crippen molar-refractivity contribution < 1.29 is 13.6 Å². The van der Waals surface area contributed by atoms with Gasteiger partial charge in [-0.15, -0.1) is 12.4 Å². The van der Waals surface area contributed by atoms with Crippen molar-refractivity contribution in [3.63, 3.8) is 0 Å². The summed E-state index contributed by atoms with van der Waals surface area (Å²) in [7, 11) is 0. The number of hydrogen-bond acceptors (Lipinski definition) is 2. The van der Waals surface area contributed by atoms with E-state index in [0.717, 1.165) is 13.1 Å². The zero-order valence-electron chi connectivity index (χ0n) is 10.4. The van der Waals surface area contributed by atoms with E-state index in [-0.39, 0.29) is 24.0 Å². The number of carbonyl (C=O) groups excluding carboxylic acids is 1. The van der Waals surface area contributed by atoms with Gasteiger partial charge in [-0.3, -0.25) is 4.79 Å². The van der Waals surface area contributed by atoms with Crippen LogP contribution in [0.4, 0.5) is 8.78 Å². The molecular formula is C13H17ClF2N2O. The van der Waals surface area contributed by atoms with Crippen LogP contribution in [0.3, 0.4) is 0 Å². The van der Waals surface area contributed by atoms with Gasteiger partial charge in [-0.25, -0.2) is 0 Å². The van der Waals surface area contributed by atoms with Crippen LogP contribution in [0.5, 0.6) is 0 Å². The van der Waals surface area contributed by atoms with Crippen molar-refractivity contribution in [2.45, 2.75) is 24.8 Å².